The van der Waals surface area contributed by atoms with Gasteiger partial charge in [-0.05, 0) is 19.3 Å². The summed E-state index contributed by atoms with van der Waals surface area (Å²) in [5.41, 5.74) is 0. The van der Waals surface area contributed by atoms with Crippen LogP contribution in [0.2, 0.25) is 0 Å². The van der Waals surface area contributed by atoms with Crippen LogP contribution in [0.15, 0.2) is 6.07 Å². The second kappa shape index (κ2) is 7.31. The Labute approximate surface area is 117 Å². The molecular weight excluding hydrogens is 238 g/mol. The summed E-state index contributed by atoms with van der Waals surface area (Å²) < 4.78 is 5.72. The van der Waals surface area contributed by atoms with E-state index in [-0.39, 0.29) is 0 Å². The van der Waals surface area contributed by atoms with E-state index >= 15 is 0 Å². The van der Waals surface area contributed by atoms with Crippen molar-refractivity contribution in [3.63, 3.8) is 0 Å². The number of aromatic nitrogens is 2. The van der Waals surface area contributed by atoms with Crippen LogP contribution < -0.4 is 10.1 Å². The van der Waals surface area contributed by atoms with Gasteiger partial charge in [-0.3, -0.25) is 0 Å². The summed E-state index contributed by atoms with van der Waals surface area (Å²) in [7, 11) is 0. The zero-order chi connectivity index (χ0) is 14.4. The molecule has 0 bridgehead atoms. The van der Waals surface area contributed by atoms with Crippen LogP contribution in [0.3, 0.4) is 0 Å². The minimum Gasteiger partial charge on any atom is -0.477 e. The monoisotopic (exact) mass is 265 g/mol. The molecular formula is C15H27N3O. The first-order chi connectivity index (χ1) is 8.92. The van der Waals surface area contributed by atoms with Crippen molar-refractivity contribution in [1.29, 1.82) is 0 Å². The fourth-order valence-corrected chi connectivity index (χ4v) is 1.46. The molecule has 1 aromatic heterocycles. The van der Waals surface area contributed by atoms with Gasteiger partial charge in [-0.2, -0.15) is 4.98 Å². The van der Waals surface area contributed by atoms with Gasteiger partial charge in [0.2, 0.25) is 5.88 Å². The normalized spacial score (nSPS) is 12.8. The Balaban J connectivity index is 2.90. The molecule has 0 aliphatic heterocycles. The van der Waals surface area contributed by atoms with E-state index in [4.69, 9.17) is 4.74 Å². The molecule has 1 unspecified atom stereocenters. The quantitative estimate of drug-likeness (QED) is 0.813. The second-order valence-electron chi connectivity index (χ2n) is 5.76. The van der Waals surface area contributed by atoms with Gasteiger partial charge in [-0.15, -0.1) is 0 Å². The van der Waals surface area contributed by atoms with Gasteiger partial charge in [0.25, 0.3) is 0 Å². The summed E-state index contributed by atoms with van der Waals surface area (Å²) >= 11 is 0. The lowest BCUT2D eigenvalue weighted by Crippen LogP contribution is -2.16. The topological polar surface area (TPSA) is 47.0 Å². The highest BCUT2D eigenvalue weighted by atomic mass is 16.5. The first kappa shape index (κ1) is 15.7. The Morgan fingerprint density at radius 3 is 2.37 bits per heavy atom. The van der Waals surface area contributed by atoms with Crippen molar-refractivity contribution in [2.45, 2.75) is 59.9 Å². The zero-order valence-electron chi connectivity index (χ0n) is 13.0. The summed E-state index contributed by atoms with van der Waals surface area (Å²) in [6.07, 6.45) is 1.06. The Morgan fingerprint density at radius 2 is 1.84 bits per heavy atom. The van der Waals surface area contributed by atoms with Crippen LogP contribution in [0.25, 0.3) is 0 Å². The molecule has 0 amide bonds. The van der Waals surface area contributed by atoms with Crippen LogP contribution in [0, 0.1) is 5.92 Å². The van der Waals surface area contributed by atoms with E-state index in [2.05, 4.69) is 56.8 Å². The van der Waals surface area contributed by atoms with E-state index in [0.717, 1.165) is 18.1 Å². The number of nitrogens with one attached hydrogen (secondary N) is 1. The van der Waals surface area contributed by atoms with Gasteiger partial charge in [0.15, 0.2) is 0 Å². The molecule has 0 aromatic carbocycles. The van der Waals surface area contributed by atoms with Crippen molar-refractivity contribution in [1.82, 2.24) is 9.97 Å². The molecule has 19 heavy (non-hydrogen) atoms. The highest BCUT2D eigenvalue weighted by Crippen LogP contribution is 2.19. The number of ether oxygens (including phenoxy) is 1. The maximum atomic E-state index is 5.72. The fraction of sp³-hybridized carbons (Fsp3) is 0.733. The van der Waals surface area contributed by atoms with E-state index in [1.807, 2.05) is 6.07 Å². The summed E-state index contributed by atoms with van der Waals surface area (Å²) in [6.45, 7) is 13.4. The third kappa shape index (κ3) is 5.45. The lowest BCUT2D eigenvalue weighted by molar-refractivity contribution is 0.260. The predicted octanol–water partition coefficient (Wildman–Crippen LogP) is 3.85. The van der Waals surface area contributed by atoms with Crippen LogP contribution in [0.1, 0.15) is 59.7 Å². The van der Waals surface area contributed by atoms with Gasteiger partial charge in [0, 0.05) is 18.0 Å². The molecule has 1 aromatic rings. The van der Waals surface area contributed by atoms with E-state index < -0.39 is 0 Å². The van der Waals surface area contributed by atoms with Crippen LogP contribution in [-0.2, 0) is 0 Å². The maximum Gasteiger partial charge on any atom is 0.218 e. The molecule has 0 fully saturated rings. The average Bonchev–Trinajstić information content (AvgIpc) is 2.35. The first-order valence-corrected chi connectivity index (χ1v) is 7.20. The number of hydrogen-bond acceptors (Lipinski definition) is 4. The summed E-state index contributed by atoms with van der Waals surface area (Å²) in [5.74, 6) is 3.13. The molecule has 4 heteroatoms. The van der Waals surface area contributed by atoms with Crippen LogP contribution in [0.5, 0.6) is 5.88 Å². The number of rotatable bonds is 7. The van der Waals surface area contributed by atoms with Gasteiger partial charge < -0.3 is 10.1 Å². The summed E-state index contributed by atoms with van der Waals surface area (Å²) in [4.78, 5) is 9.01. The Hall–Kier alpha value is -1.32. The molecule has 1 atom stereocenters. The predicted molar refractivity (Wildman–Crippen MR) is 79.8 cm³/mol. The molecule has 0 aliphatic carbocycles. The molecule has 0 saturated heterocycles. The number of hydrogen-bond donors (Lipinski definition) is 1. The van der Waals surface area contributed by atoms with Crippen LogP contribution in [0.4, 0.5) is 5.82 Å². The molecule has 0 aliphatic rings. The van der Waals surface area contributed by atoms with E-state index in [9.17, 15) is 0 Å². The molecule has 1 heterocycles. The van der Waals surface area contributed by atoms with Gasteiger partial charge in [0.1, 0.15) is 11.6 Å². The first-order valence-electron chi connectivity index (χ1n) is 7.20. The Morgan fingerprint density at radius 1 is 1.16 bits per heavy atom. The van der Waals surface area contributed by atoms with Crippen LogP contribution >= 0.6 is 0 Å². The van der Waals surface area contributed by atoms with Gasteiger partial charge in [-0.1, -0.05) is 34.6 Å². The highest BCUT2D eigenvalue weighted by Gasteiger charge is 2.10. The SMILES string of the molecule is CCC(C)Nc1cc(OCC(C)C)nc(C(C)C)n1. The average molecular weight is 265 g/mol. The van der Waals surface area contributed by atoms with E-state index in [0.29, 0.717) is 30.4 Å². The fourth-order valence-electron chi connectivity index (χ4n) is 1.46. The Bertz CT molecular complexity index is 391. The largest absolute Gasteiger partial charge is 0.477 e. The van der Waals surface area contributed by atoms with Crippen molar-refractivity contribution < 1.29 is 4.74 Å². The van der Waals surface area contributed by atoms with Crippen molar-refractivity contribution in [3.8, 4) is 5.88 Å². The smallest absolute Gasteiger partial charge is 0.218 e. The molecule has 0 radical (unpaired) electrons. The third-order valence-electron chi connectivity index (χ3n) is 2.81. The van der Waals surface area contributed by atoms with Crippen LogP contribution in [-0.4, -0.2) is 22.6 Å². The number of anilines is 1. The Kier molecular flexibility index (Phi) is 6.06. The van der Waals surface area contributed by atoms with E-state index in [1.165, 1.54) is 0 Å². The van der Waals surface area contributed by atoms with Gasteiger partial charge >= 0.3 is 0 Å². The van der Waals surface area contributed by atoms with E-state index in [1.54, 1.807) is 0 Å². The maximum absolute atomic E-state index is 5.72. The van der Waals surface area contributed by atoms with Crippen molar-refractivity contribution in [2.75, 3.05) is 11.9 Å². The van der Waals surface area contributed by atoms with Crippen molar-refractivity contribution in [2.24, 2.45) is 5.92 Å². The molecule has 108 valence electrons. The number of nitrogens with zero attached hydrogens (tertiary/aromatic N) is 2. The standard InChI is InChI=1S/C15H27N3O/c1-7-12(6)16-13-8-14(19-9-10(2)3)18-15(17-13)11(4)5/h8,10-12H,7,9H2,1-6H3,(H,16,17,18). The molecule has 0 spiro atoms. The van der Waals surface area contributed by atoms with Gasteiger partial charge in [0.05, 0.1) is 6.61 Å². The molecule has 1 rings (SSSR count). The summed E-state index contributed by atoms with van der Waals surface area (Å²) in [6, 6.07) is 2.29. The minimum absolute atomic E-state index is 0.292. The van der Waals surface area contributed by atoms with Crippen molar-refractivity contribution >= 4 is 5.82 Å². The van der Waals surface area contributed by atoms with Crippen molar-refractivity contribution in [3.05, 3.63) is 11.9 Å². The highest BCUT2D eigenvalue weighted by molar-refractivity contribution is 5.39. The lowest BCUT2D eigenvalue weighted by Gasteiger charge is -2.16. The second-order valence-corrected chi connectivity index (χ2v) is 5.76. The molecule has 4 nitrogen and oxygen atoms in total. The molecule has 1 N–H and O–H groups in total. The zero-order valence-corrected chi connectivity index (χ0v) is 13.0. The lowest BCUT2D eigenvalue weighted by atomic mass is 10.2. The minimum atomic E-state index is 0.292. The van der Waals surface area contributed by atoms with Gasteiger partial charge in [-0.25, -0.2) is 4.98 Å². The molecule has 0 saturated carbocycles. The summed E-state index contributed by atoms with van der Waals surface area (Å²) in [5, 5.41) is 3.38. The third-order valence-corrected chi connectivity index (χ3v) is 2.81.